The zero-order valence-corrected chi connectivity index (χ0v) is 38.7. The molecule has 1 fully saturated rings. The Kier molecular flexibility index (Phi) is 16.5. The van der Waals surface area contributed by atoms with Gasteiger partial charge in [0.25, 0.3) is 0 Å². The van der Waals surface area contributed by atoms with Crippen molar-refractivity contribution in [1.82, 2.24) is 14.2 Å². The van der Waals surface area contributed by atoms with Crippen LogP contribution >= 0.6 is 8.53 Å². The van der Waals surface area contributed by atoms with Gasteiger partial charge < -0.3 is 9.47 Å². The average molecular weight is 927 g/mol. The molecule has 1 saturated heterocycles. The topological polar surface area (TPSA) is 146 Å². The van der Waals surface area contributed by atoms with Crippen LogP contribution in [0.3, 0.4) is 0 Å². The van der Waals surface area contributed by atoms with Crippen molar-refractivity contribution >= 4 is 39.7 Å². The fourth-order valence-electron chi connectivity index (χ4n) is 7.49. The Morgan fingerprint density at radius 2 is 1.48 bits per heavy atom. The number of hydrogen-bond donors (Lipinski definition) is 1. The molecule has 4 atom stereocenters. The zero-order chi connectivity index (χ0) is 44.2. The summed E-state index contributed by atoms with van der Waals surface area (Å²) in [5, 5.41) is 12.3. The number of ether oxygens (including phenoxy) is 4. The Labute approximate surface area is 371 Å². The number of nitrogens with one attached hydrogen (secondary N) is 1. The van der Waals surface area contributed by atoms with Crippen molar-refractivity contribution in [1.29, 1.82) is 5.26 Å². The van der Waals surface area contributed by atoms with Crippen LogP contribution in [0.1, 0.15) is 73.8 Å². The summed E-state index contributed by atoms with van der Waals surface area (Å²) in [6.45, 7) is 8.53. The van der Waals surface area contributed by atoms with Crippen molar-refractivity contribution in [3.8, 4) is 17.6 Å². The number of amides is 1. The van der Waals surface area contributed by atoms with Gasteiger partial charge in [0.15, 0.2) is 0 Å². The normalized spacial score (nSPS) is 17.0. The van der Waals surface area contributed by atoms with E-state index in [0.717, 1.165) is 21.2 Å². The van der Waals surface area contributed by atoms with Crippen LogP contribution in [0.25, 0.3) is 0 Å². The first-order valence-electron chi connectivity index (χ1n) is 20.5. The number of anilines is 1. The number of rotatable bonds is 20. The number of nitrogens with zero attached hydrogens (tertiary/aromatic N) is 4. The number of carbonyl (C=O) groups excluding carboxylic acids is 1. The second-order valence-corrected chi connectivity index (χ2v) is 18.2. The van der Waals surface area contributed by atoms with Crippen LogP contribution in [0.2, 0.25) is 5.82 Å². The Hall–Kier alpha value is -4.93. The Bertz CT molecular complexity index is 2250. The third-order valence-electron chi connectivity index (χ3n) is 10.4. The Morgan fingerprint density at radius 3 is 2.02 bits per heavy atom. The summed E-state index contributed by atoms with van der Waals surface area (Å²) in [7, 11) is 1.56. The van der Waals surface area contributed by atoms with Crippen LogP contribution < -0.4 is 24.9 Å². The molecule has 1 unspecified atom stereocenters. The summed E-state index contributed by atoms with van der Waals surface area (Å²) in [6, 6.07) is 36.6. The molecule has 1 aromatic heterocycles. The molecule has 0 radical (unpaired) electrons. The molecular formula is C47H54N5O8PSe. The summed E-state index contributed by atoms with van der Waals surface area (Å²) in [5.74, 6) is 3.25. The van der Waals surface area contributed by atoms with Crippen molar-refractivity contribution in [3.05, 3.63) is 148 Å². The third-order valence-corrected chi connectivity index (χ3v) is 14.1. The predicted molar refractivity (Wildman–Crippen MR) is 241 cm³/mol. The van der Waals surface area contributed by atoms with Gasteiger partial charge in [0.1, 0.15) is 11.5 Å². The maximum absolute atomic E-state index is 14.0. The molecule has 1 amide bonds. The second-order valence-electron chi connectivity index (χ2n) is 15.0. The summed E-state index contributed by atoms with van der Waals surface area (Å²) in [6.07, 6.45) is 0.0320. The van der Waals surface area contributed by atoms with Gasteiger partial charge in [-0.2, -0.15) is 5.26 Å². The molecule has 6 rings (SSSR count). The van der Waals surface area contributed by atoms with E-state index < -0.39 is 38.3 Å². The Balaban J connectivity index is 1.42. The van der Waals surface area contributed by atoms with Crippen LogP contribution in [0.5, 0.6) is 11.5 Å². The van der Waals surface area contributed by atoms with E-state index in [0.29, 0.717) is 17.1 Å². The molecule has 1 aliphatic rings. The minimum absolute atomic E-state index is 0.0246. The summed E-state index contributed by atoms with van der Waals surface area (Å²) in [5.41, 5.74) is 1.28. The summed E-state index contributed by atoms with van der Waals surface area (Å²) < 4.78 is 43.0. The van der Waals surface area contributed by atoms with Crippen LogP contribution in [0.15, 0.2) is 120 Å². The van der Waals surface area contributed by atoms with E-state index in [2.05, 4.69) is 48.7 Å². The molecule has 1 N–H and O–H groups in total. The van der Waals surface area contributed by atoms with Crippen molar-refractivity contribution in [3.63, 3.8) is 0 Å². The minimum atomic E-state index is -1.70. The molecule has 13 nitrogen and oxygen atoms in total. The van der Waals surface area contributed by atoms with Gasteiger partial charge >= 0.3 is 326 Å². The van der Waals surface area contributed by atoms with Crippen LogP contribution in [0.4, 0.5) is 5.82 Å². The molecule has 15 heteroatoms. The molecular weight excluding hydrogens is 872 g/mol. The second kappa shape index (κ2) is 21.9. The molecule has 1 aliphatic heterocycles. The molecule has 0 aliphatic carbocycles. The van der Waals surface area contributed by atoms with Gasteiger partial charge in [0.2, 0.25) is 0 Å². The number of benzene rings is 4. The van der Waals surface area contributed by atoms with Crippen molar-refractivity contribution in [2.45, 2.75) is 82.5 Å². The van der Waals surface area contributed by atoms with Gasteiger partial charge in [-0.1, -0.05) is 6.07 Å². The molecule has 0 bridgehead atoms. The number of aromatic nitrogens is 2. The predicted octanol–water partition coefficient (Wildman–Crippen LogP) is 7.85. The van der Waals surface area contributed by atoms with Crippen LogP contribution in [-0.2, 0) is 24.1 Å². The molecule has 5 aromatic rings. The first-order valence-corrected chi connectivity index (χ1v) is 24.2. The Morgan fingerprint density at radius 1 is 0.919 bits per heavy atom. The van der Waals surface area contributed by atoms with Gasteiger partial charge in [-0.3, -0.25) is 0 Å². The van der Waals surface area contributed by atoms with Crippen molar-refractivity contribution < 1.29 is 32.8 Å². The number of hydrogen-bond acceptors (Lipinski definition) is 11. The van der Waals surface area contributed by atoms with Gasteiger partial charge in [0.05, 0.1) is 14.2 Å². The van der Waals surface area contributed by atoms with E-state index in [1.807, 2.05) is 90.8 Å². The van der Waals surface area contributed by atoms with Crippen LogP contribution in [0, 0.1) is 11.3 Å². The quantitative estimate of drug-likeness (QED) is 0.0353. The van der Waals surface area contributed by atoms with Crippen molar-refractivity contribution in [2.24, 2.45) is 0 Å². The first kappa shape index (κ1) is 46.6. The summed E-state index contributed by atoms with van der Waals surface area (Å²) >= 11 is -0.164. The monoisotopic (exact) mass is 927 g/mol. The third kappa shape index (κ3) is 10.8. The van der Waals surface area contributed by atoms with Crippen molar-refractivity contribution in [2.75, 3.05) is 32.8 Å². The fourth-order valence-corrected chi connectivity index (χ4v) is 10.3. The van der Waals surface area contributed by atoms with Gasteiger partial charge in [-0.25, -0.2) is 0 Å². The van der Waals surface area contributed by atoms with E-state index in [-0.39, 0.29) is 64.8 Å². The standard InChI is InChI=1S/C47H54N5O8PSe/c1-32(2)52(33(3)4)61(58-28-14-27-48)60-40-29-43(51-30-42(62-7)44(50-46(51)54)49-45(53)34-15-10-8-11-16-34)59-41(40)31-57-47(35-17-12-9-13-18-35,36-19-23-38(55-5)24-20-36)37-21-25-39(56-6)26-22-37/h8-13,15-26,30,32-33,40-41,43H,14,28-29,31H2,1-7H3,(H,49,50,53,54)/t40-,41+,43+,61?/m0/s1. The SMILES string of the molecule is COc1ccc(C(OC[C@H]2O[C@@H](n3cc([Se]C)c(NC(=O)c4ccccc4)nc3=O)C[C@@H]2OP(OCCC#N)N(C(C)C)C(C)C)(c2ccccc2)c2ccc(OC)cc2)cc1. The molecule has 326 valence electrons. The van der Waals surface area contributed by atoms with Gasteiger partial charge in [0, 0.05) is 0 Å². The molecule has 4 aromatic carbocycles. The first-order chi connectivity index (χ1) is 30.0. The zero-order valence-electron chi connectivity index (χ0n) is 36.1. The van der Waals surface area contributed by atoms with Gasteiger partial charge in [-0.15, -0.1) is 0 Å². The number of carbonyl (C=O) groups is 1. The molecule has 0 spiro atoms. The van der Waals surface area contributed by atoms with E-state index >= 15 is 0 Å². The van der Waals surface area contributed by atoms with Crippen LogP contribution in [-0.4, -0.2) is 86.8 Å². The van der Waals surface area contributed by atoms with E-state index in [1.165, 1.54) is 4.57 Å². The number of nitriles is 1. The maximum atomic E-state index is 14.0. The summed E-state index contributed by atoms with van der Waals surface area (Å²) in [4.78, 5) is 31.5. The number of methoxy groups -OCH3 is 2. The van der Waals surface area contributed by atoms with E-state index in [1.54, 1.807) is 44.7 Å². The fraction of sp³-hybridized carbons (Fsp3) is 0.362. The average Bonchev–Trinajstić information content (AvgIpc) is 3.69. The van der Waals surface area contributed by atoms with Gasteiger partial charge in [-0.05, 0) is 0 Å². The van der Waals surface area contributed by atoms with E-state index in [4.69, 9.17) is 28.0 Å². The molecule has 0 saturated carbocycles. The molecule has 62 heavy (non-hydrogen) atoms. The van der Waals surface area contributed by atoms with E-state index in [9.17, 15) is 14.9 Å². The molecule has 2 heterocycles.